The average molecular weight is 322 g/mol. The van der Waals surface area contributed by atoms with E-state index in [1.54, 1.807) is 7.11 Å². The summed E-state index contributed by atoms with van der Waals surface area (Å²) in [7, 11) is 1.55. The molecule has 0 spiro atoms. The molecule has 2 unspecified atom stereocenters. The monoisotopic (exact) mass is 322 g/mol. The molecule has 1 aliphatic heterocycles. The molecule has 0 aromatic rings. The lowest BCUT2D eigenvalue weighted by atomic mass is 9.77. The molecule has 7 heteroatoms. The van der Waals surface area contributed by atoms with Crippen LogP contribution in [0.3, 0.4) is 0 Å². The molecule has 2 fully saturated rings. The summed E-state index contributed by atoms with van der Waals surface area (Å²) in [4.78, 5) is 12.6. The summed E-state index contributed by atoms with van der Waals surface area (Å²) in [6.45, 7) is 1.77. The van der Waals surface area contributed by atoms with Gasteiger partial charge >= 0.3 is 6.18 Å². The van der Waals surface area contributed by atoms with Crippen LogP contribution in [0.25, 0.3) is 0 Å². The molecule has 1 amide bonds. The molecule has 0 bridgehead atoms. The second-order valence-corrected chi connectivity index (χ2v) is 6.54. The summed E-state index contributed by atoms with van der Waals surface area (Å²) in [5, 5.41) is 6.07. The van der Waals surface area contributed by atoms with Crippen LogP contribution in [0.1, 0.15) is 38.5 Å². The van der Waals surface area contributed by atoms with Gasteiger partial charge in [-0.15, -0.1) is 0 Å². The van der Waals surface area contributed by atoms with Crippen molar-refractivity contribution >= 4 is 5.91 Å². The lowest BCUT2D eigenvalue weighted by molar-refractivity contribution is -0.184. The van der Waals surface area contributed by atoms with Gasteiger partial charge in [0.2, 0.25) is 5.91 Å². The van der Waals surface area contributed by atoms with Gasteiger partial charge in [0.05, 0.1) is 17.9 Å². The number of hydrogen-bond acceptors (Lipinski definition) is 3. The van der Waals surface area contributed by atoms with Gasteiger partial charge < -0.3 is 15.4 Å². The molecule has 4 nitrogen and oxygen atoms in total. The molecular formula is C15H25F3N2O2. The number of carbonyl (C=O) groups excluding carboxylic acids is 1. The largest absolute Gasteiger partial charge is 0.391 e. The van der Waals surface area contributed by atoms with E-state index in [4.69, 9.17) is 4.74 Å². The van der Waals surface area contributed by atoms with E-state index in [9.17, 15) is 18.0 Å². The van der Waals surface area contributed by atoms with E-state index in [0.717, 1.165) is 13.1 Å². The Bertz CT molecular complexity index is 376. The normalized spacial score (nSPS) is 29.1. The minimum absolute atomic E-state index is 0.00342. The Morgan fingerprint density at radius 2 is 2.00 bits per heavy atom. The highest BCUT2D eigenvalue weighted by Crippen LogP contribution is 2.38. The van der Waals surface area contributed by atoms with Gasteiger partial charge in [-0.2, -0.15) is 13.2 Å². The predicted molar refractivity (Wildman–Crippen MR) is 76.4 cm³/mol. The van der Waals surface area contributed by atoms with Gasteiger partial charge in [0.25, 0.3) is 0 Å². The minimum Gasteiger partial charge on any atom is -0.384 e. The van der Waals surface area contributed by atoms with Gasteiger partial charge in [0.1, 0.15) is 0 Å². The fourth-order valence-electron chi connectivity index (χ4n) is 3.58. The third-order valence-corrected chi connectivity index (χ3v) is 4.94. The highest BCUT2D eigenvalue weighted by atomic mass is 19.4. The molecule has 0 aromatic heterocycles. The van der Waals surface area contributed by atoms with Crippen molar-refractivity contribution in [2.75, 3.05) is 26.8 Å². The molecule has 1 aliphatic carbocycles. The molecule has 2 N–H and O–H groups in total. The molecule has 1 saturated heterocycles. The Labute approximate surface area is 129 Å². The minimum atomic E-state index is -4.16. The fourth-order valence-corrected chi connectivity index (χ4v) is 3.58. The Morgan fingerprint density at radius 1 is 1.32 bits per heavy atom. The van der Waals surface area contributed by atoms with Crippen LogP contribution in [-0.4, -0.2) is 44.9 Å². The maximum atomic E-state index is 12.9. The number of carbonyl (C=O) groups is 1. The van der Waals surface area contributed by atoms with E-state index in [1.807, 2.05) is 0 Å². The lowest BCUT2D eigenvalue weighted by Gasteiger charge is -2.38. The second-order valence-electron chi connectivity index (χ2n) is 6.54. The molecule has 2 atom stereocenters. The average Bonchev–Trinajstić information content (AvgIpc) is 2.48. The third kappa shape index (κ3) is 4.13. The maximum Gasteiger partial charge on any atom is 0.391 e. The van der Waals surface area contributed by atoms with E-state index in [0.29, 0.717) is 32.3 Å². The number of halogens is 3. The first-order valence-corrected chi connectivity index (χ1v) is 7.95. The lowest BCUT2D eigenvalue weighted by Crippen LogP contribution is -2.53. The molecule has 22 heavy (non-hydrogen) atoms. The Morgan fingerprint density at radius 3 is 2.59 bits per heavy atom. The summed E-state index contributed by atoms with van der Waals surface area (Å²) >= 11 is 0. The van der Waals surface area contributed by atoms with Crippen LogP contribution in [0.4, 0.5) is 13.2 Å². The van der Waals surface area contributed by atoms with Crippen LogP contribution in [0, 0.1) is 11.3 Å². The fraction of sp³-hybridized carbons (Fsp3) is 0.933. The Balaban J connectivity index is 1.97. The van der Waals surface area contributed by atoms with Crippen molar-refractivity contribution < 1.29 is 22.7 Å². The van der Waals surface area contributed by atoms with E-state index in [1.165, 1.54) is 0 Å². The van der Waals surface area contributed by atoms with Gasteiger partial charge in [-0.3, -0.25) is 4.79 Å². The quantitative estimate of drug-likeness (QED) is 0.834. The van der Waals surface area contributed by atoms with Crippen LogP contribution in [-0.2, 0) is 9.53 Å². The molecule has 0 radical (unpaired) electrons. The number of alkyl halides is 3. The van der Waals surface area contributed by atoms with Crippen LogP contribution >= 0.6 is 0 Å². The van der Waals surface area contributed by atoms with Crippen molar-refractivity contribution in [1.29, 1.82) is 0 Å². The number of amides is 1. The highest BCUT2D eigenvalue weighted by molar-refractivity contribution is 5.83. The van der Waals surface area contributed by atoms with E-state index < -0.39 is 17.5 Å². The standard InChI is InChI=1S/C15H25F3N2O2/c1-22-10-14(5-7-19-8-6-14)13(21)20-12-4-2-3-11(9-12)15(16,17)18/h11-12,19H,2-10H2,1H3,(H,20,21). The van der Waals surface area contributed by atoms with E-state index in [-0.39, 0.29) is 24.8 Å². The number of hydrogen-bond donors (Lipinski definition) is 2. The maximum absolute atomic E-state index is 12.9. The second kappa shape index (κ2) is 7.17. The summed E-state index contributed by atoms with van der Waals surface area (Å²) in [6.07, 6.45) is -1.56. The topological polar surface area (TPSA) is 50.4 Å². The number of nitrogens with one attached hydrogen (secondary N) is 2. The van der Waals surface area contributed by atoms with Crippen molar-refractivity contribution in [2.24, 2.45) is 11.3 Å². The van der Waals surface area contributed by atoms with Crippen molar-refractivity contribution in [1.82, 2.24) is 10.6 Å². The zero-order valence-corrected chi connectivity index (χ0v) is 13.0. The van der Waals surface area contributed by atoms with Gasteiger partial charge in [-0.05, 0) is 45.2 Å². The molecule has 2 rings (SSSR count). The van der Waals surface area contributed by atoms with Gasteiger partial charge in [0, 0.05) is 13.2 Å². The first kappa shape index (κ1) is 17.5. The van der Waals surface area contributed by atoms with Crippen molar-refractivity contribution in [3.63, 3.8) is 0 Å². The summed E-state index contributed by atoms with van der Waals surface area (Å²) in [6, 6.07) is -0.378. The van der Waals surface area contributed by atoms with Crippen LogP contribution < -0.4 is 10.6 Å². The number of rotatable bonds is 4. The van der Waals surface area contributed by atoms with Crippen molar-refractivity contribution in [3.05, 3.63) is 0 Å². The van der Waals surface area contributed by atoms with Crippen LogP contribution in [0.5, 0.6) is 0 Å². The molecule has 1 heterocycles. The highest BCUT2D eigenvalue weighted by Gasteiger charge is 2.44. The Hall–Kier alpha value is -0.820. The zero-order valence-electron chi connectivity index (χ0n) is 13.0. The van der Waals surface area contributed by atoms with Gasteiger partial charge in [-0.1, -0.05) is 6.42 Å². The molecule has 1 saturated carbocycles. The summed E-state index contributed by atoms with van der Waals surface area (Å²) in [5.41, 5.74) is -0.606. The van der Waals surface area contributed by atoms with Crippen LogP contribution in [0.15, 0.2) is 0 Å². The SMILES string of the molecule is COCC1(C(=O)NC2CCCC(C(F)(F)F)C2)CCNCC1. The molecule has 128 valence electrons. The van der Waals surface area contributed by atoms with Gasteiger partial charge in [-0.25, -0.2) is 0 Å². The first-order chi connectivity index (χ1) is 10.4. The van der Waals surface area contributed by atoms with Crippen LogP contribution in [0.2, 0.25) is 0 Å². The molecular weight excluding hydrogens is 297 g/mol. The zero-order chi connectivity index (χ0) is 16.2. The third-order valence-electron chi connectivity index (χ3n) is 4.94. The molecule has 2 aliphatic rings. The summed E-state index contributed by atoms with van der Waals surface area (Å²) in [5.74, 6) is -1.44. The smallest absolute Gasteiger partial charge is 0.384 e. The predicted octanol–water partition coefficient (Wildman–Crippen LogP) is 2.24. The van der Waals surface area contributed by atoms with Crippen molar-refractivity contribution in [3.8, 4) is 0 Å². The molecule has 0 aromatic carbocycles. The van der Waals surface area contributed by atoms with E-state index >= 15 is 0 Å². The van der Waals surface area contributed by atoms with Crippen molar-refractivity contribution in [2.45, 2.75) is 50.7 Å². The van der Waals surface area contributed by atoms with E-state index in [2.05, 4.69) is 10.6 Å². The Kier molecular flexibility index (Phi) is 5.71. The first-order valence-electron chi connectivity index (χ1n) is 7.95. The van der Waals surface area contributed by atoms with Gasteiger partial charge in [0.15, 0.2) is 0 Å². The number of methoxy groups -OCH3 is 1. The number of piperidine rings is 1. The summed E-state index contributed by atoms with van der Waals surface area (Å²) < 4.78 is 43.8. The number of ether oxygens (including phenoxy) is 1.